The Hall–Kier alpha value is -0.120. The third-order valence-corrected chi connectivity index (χ3v) is 3.27. The van der Waals surface area contributed by atoms with Crippen molar-refractivity contribution in [3.63, 3.8) is 0 Å². The molecule has 1 aliphatic heterocycles. The van der Waals surface area contributed by atoms with Crippen molar-refractivity contribution < 1.29 is 5.11 Å². The summed E-state index contributed by atoms with van der Waals surface area (Å²) in [6.07, 6.45) is 4.47. The number of nitrogens with two attached hydrogens (primary N) is 1. The Bertz CT molecular complexity index is 161. The van der Waals surface area contributed by atoms with Crippen molar-refractivity contribution >= 4 is 0 Å². The van der Waals surface area contributed by atoms with Crippen molar-refractivity contribution in [3.05, 3.63) is 0 Å². The van der Waals surface area contributed by atoms with Crippen molar-refractivity contribution in [2.75, 3.05) is 13.1 Å². The van der Waals surface area contributed by atoms with Gasteiger partial charge in [-0.05, 0) is 33.1 Å². The van der Waals surface area contributed by atoms with Crippen molar-refractivity contribution in [1.82, 2.24) is 4.90 Å². The topological polar surface area (TPSA) is 49.5 Å². The maximum absolute atomic E-state index is 9.27. The molecule has 3 nitrogen and oxygen atoms in total. The Morgan fingerprint density at radius 3 is 2.79 bits per heavy atom. The van der Waals surface area contributed by atoms with E-state index in [0.717, 1.165) is 19.5 Å². The summed E-state index contributed by atoms with van der Waals surface area (Å²) in [5.74, 6) is 0. The van der Waals surface area contributed by atoms with Crippen LogP contribution in [0.25, 0.3) is 0 Å². The number of aliphatic hydroxyl groups is 1. The van der Waals surface area contributed by atoms with Crippen LogP contribution in [0.5, 0.6) is 0 Å². The third-order valence-electron chi connectivity index (χ3n) is 3.27. The van der Waals surface area contributed by atoms with Gasteiger partial charge in [-0.3, -0.25) is 4.90 Å². The molecular weight excluding hydrogens is 176 g/mol. The molecule has 84 valence electrons. The van der Waals surface area contributed by atoms with Crippen LogP contribution in [0.2, 0.25) is 0 Å². The molecule has 0 aromatic carbocycles. The van der Waals surface area contributed by atoms with E-state index in [2.05, 4.69) is 11.8 Å². The lowest BCUT2D eigenvalue weighted by Crippen LogP contribution is -2.49. The van der Waals surface area contributed by atoms with Crippen LogP contribution in [-0.2, 0) is 0 Å². The number of nitrogens with zero attached hydrogens (tertiary/aromatic N) is 1. The third kappa shape index (κ3) is 3.23. The van der Waals surface area contributed by atoms with Gasteiger partial charge in [0.1, 0.15) is 0 Å². The van der Waals surface area contributed by atoms with Gasteiger partial charge in [-0.15, -0.1) is 0 Å². The average molecular weight is 200 g/mol. The molecule has 0 saturated carbocycles. The van der Waals surface area contributed by atoms with Crippen molar-refractivity contribution in [3.8, 4) is 0 Å². The molecule has 1 heterocycles. The van der Waals surface area contributed by atoms with Crippen LogP contribution < -0.4 is 5.73 Å². The van der Waals surface area contributed by atoms with Crippen molar-refractivity contribution in [2.45, 2.75) is 57.7 Å². The van der Waals surface area contributed by atoms with Crippen LogP contribution >= 0.6 is 0 Å². The standard InChI is InChI=1S/C11H24N2O/c1-9-4-3-5-11(8-12)13(9)7-6-10(2)14/h9-11,14H,3-8,12H2,1-2H3. The molecule has 14 heavy (non-hydrogen) atoms. The molecule has 0 aromatic rings. The van der Waals surface area contributed by atoms with Gasteiger partial charge >= 0.3 is 0 Å². The van der Waals surface area contributed by atoms with Gasteiger partial charge in [0.2, 0.25) is 0 Å². The fourth-order valence-electron chi connectivity index (χ4n) is 2.33. The first-order chi connectivity index (χ1) is 6.65. The molecule has 1 aliphatic rings. The lowest BCUT2D eigenvalue weighted by atomic mass is 9.96. The second-order valence-corrected chi connectivity index (χ2v) is 4.54. The van der Waals surface area contributed by atoms with Gasteiger partial charge < -0.3 is 10.8 Å². The number of rotatable bonds is 4. The Labute approximate surface area is 87.3 Å². The number of hydrogen-bond donors (Lipinski definition) is 2. The van der Waals surface area contributed by atoms with E-state index in [1.54, 1.807) is 0 Å². The SMILES string of the molecule is CC(O)CCN1C(C)CCCC1CN. The Morgan fingerprint density at radius 2 is 2.21 bits per heavy atom. The average Bonchev–Trinajstić information content (AvgIpc) is 2.15. The zero-order valence-corrected chi connectivity index (χ0v) is 9.45. The highest BCUT2D eigenvalue weighted by Crippen LogP contribution is 2.22. The van der Waals surface area contributed by atoms with Crippen LogP contribution in [0.15, 0.2) is 0 Å². The molecule has 3 atom stereocenters. The molecule has 3 N–H and O–H groups in total. The molecule has 0 spiro atoms. The quantitative estimate of drug-likeness (QED) is 0.710. The lowest BCUT2D eigenvalue weighted by Gasteiger charge is -2.40. The van der Waals surface area contributed by atoms with Crippen LogP contribution in [-0.4, -0.2) is 41.3 Å². The summed E-state index contributed by atoms with van der Waals surface area (Å²) in [4.78, 5) is 2.47. The molecule has 1 rings (SSSR count). The van der Waals surface area contributed by atoms with Gasteiger partial charge in [-0.1, -0.05) is 6.42 Å². The first kappa shape index (κ1) is 12.0. The summed E-state index contributed by atoms with van der Waals surface area (Å²) in [7, 11) is 0. The first-order valence-electron chi connectivity index (χ1n) is 5.79. The van der Waals surface area contributed by atoms with Gasteiger partial charge in [0.15, 0.2) is 0 Å². The van der Waals surface area contributed by atoms with E-state index in [9.17, 15) is 5.11 Å². The molecule has 1 fully saturated rings. The maximum atomic E-state index is 9.27. The fraction of sp³-hybridized carbons (Fsp3) is 1.00. The molecule has 0 aromatic heterocycles. The highest BCUT2D eigenvalue weighted by atomic mass is 16.3. The minimum Gasteiger partial charge on any atom is -0.393 e. The predicted octanol–water partition coefficient (Wildman–Crippen LogP) is 0.959. The summed E-state index contributed by atoms with van der Waals surface area (Å²) in [6.45, 7) is 5.86. The molecule has 0 aliphatic carbocycles. The van der Waals surface area contributed by atoms with E-state index in [1.165, 1.54) is 19.3 Å². The first-order valence-corrected chi connectivity index (χ1v) is 5.79. The summed E-state index contributed by atoms with van der Waals surface area (Å²) in [6, 6.07) is 1.17. The predicted molar refractivity (Wildman–Crippen MR) is 59.2 cm³/mol. The lowest BCUT2D eigenvalue weighted by molar-refractivity contribution is 0.0750. The minimum atomic E-state index is -0.192. The Balaban J connectivity index is 2.42. The molecule has 3 heteroatoms. The van der Waals surface area contributed by atoms with Crippen LogP contribution in [0.4, 0.5) is 0 Å². The second-order valence-electron chi connectivity index (χ2n) is 4.54. The monoisotopic (exact) mass is 200 g/mol. The fourth-order valence-corrected chi connectivity index (χ4v) is 2.33. The summed E-state index contributed by atoms with van der Waals surface area (Å²) in [5.41, 5.74) is 5.76. The van der Waals surface area contributed by atoms with E-state index < -0.39 is 0 Å². The largest absolute Gasteiger partial charge is 0.393 e. The Morgan fingerprint density at radius 1 is 1.50 bits per heavy atom. The number of likely N-dealkylation sites (tertiary alicyclic amines) is 1. The van der Waals surface area contributed by atoms with Gasteiger partial charge in [0, 0.05) is 25.2 Å². The minimum absolute atomic E-state index is 0.192. The maximum Gasteiger partial charge on any atom is 0.0524 e. The van der Waals surface area contributed by atoms with E-state index >= 15 is 0 Å². The summed E-state index contributed by atoms with van der Waals surface area (Å²) in [5, 5.41) is 9.27. The van der Waals surface area contributed by atoms with Crippen LogP contribution in [0.1, 0.15) is 39.5 Å². The summed E-state index contributed by atoms with van der Waals surface area (Å²) < 4.78 is 0. The highest BCUT2D eigenvalue weighted by molar-refractivity contribution is 4.82. The summed E-state index contributed by atoms with van der Waals surface area (Å²) >= 11 is 0. The molecular formula is C11H24N2O. The van der Waals surface area contributed by atoms with E-state index in [0.29, 0.717) is 12.1 Å². The van der Waals surface area contributed by atoms with Crippen LogP contribution in [0.3, 0.4) is 0 Å². The highest BCUT2D eigenvalue weighted by Gasteiger charge is 2.26. The number of piperidine rings is 1. The van der Waals surface area contributed by atoms with Crippen molar-refractivity contribution in [1.29, 1.82) is 0 Å². The van der Waals surface area contributed by atoms with Gasteiger partial charge in [-0.2, -0.15) is 0 Å². The molecule has 0 radical (unpaired) electrons. The molecule has 0 bridgehead atoms. The zero-order chi connectivity index (χ0) is 10.6. The molecule has 3 unspecified atom stereocenters. The van der Waals surface area contributed by atoms with E-state index in [1.807, 2.05) is 6.92 Å². The van der Waals surface area contributed by atoms with Gasteiger partial charge in [0.25, 0.3) is 0 Å². The Kier molecular flexibility index (Phi) is 4.85. The van der Waals surface area contributed by atoms with Crippen LogP contribution in [0, 0.1) is 0 Å². The molecule has 1 saturated heterocycles. The van der Waals surface area contributed by atoms with E-state index in [-0.39, 0.29) is 6.10 Å². The van der Waals surface area contributed by atoms with Gasteiger partial charge in [0.05, 0.1) is 6.10 Å². The smallest absolute Gasteiger partial charge is 0.0524 e. The zero-order valence-electron chi connectivity index (χ0n) is 9.45. The van der Waals surface area contributed by atoms with Crippen molar-refractivity contribution in [2.24, 2.45) is 5.73 Å². The number of hydrogen-bond acceptors (Lipinski definition) is 3. The second kappa shape index (κ2) is 5.69. The molecule has 0 amide bonds. The number of aliphatic hydroxyl groups excluding tert-OH is 1. The van der Waals surface area contributed by atoms with E-state index in [4.69, 9.17) is 5.73 Å². The normalized spacial score (nSPS) is 31.7. The van der Waals surface area contributed by atoms with Gasteiger partial charge in [-0.25, -0.2) is 0 Å².